The summed E-state index contributed by atoms with van der Waals surface area (Å²) in [6.45, 7) is 10.6. The van der Waals surface area contributed by atoms with Gasteiger partial charge in [0.15, 0.2) is 0 Å². The molecule has 1 rings (SSSR count). The molecule has 0 saturated carbocycles. The van der Waals surface area contributed by atoms with Crippen LogP contribution in [-0.4, -0.2) is 30.7 Å². The van der Waals surface area contributed by atoms with E-state index in [1.54, 1.807) is 0 Å². The van der Waals surface area contributed by atoms with Crippen LogP contribution in [0.25, 0.3) is 0 Å². The SMILES string of the molecule is CCCCCCCCCCCCCCC[N+]1(CCCCCC)CCCC1. The first-order valence-corrected chi connectivity index (χ1v) is 12.7. The summed E-state index contributed by atoms with van der Waals surface area (Å²) in [4.78, 5) is 0. The summed E-state index contributed by atoms with van der Waals surface area (Å²) in [6, 6.07) is 0. The molecule has 0 aromatic carbocycles. The third kappa shape index (κ3) is 12.4. The highest BCUT2D eigenvalue weighted by Gasteiger charge is 2.30. The lowest BCUT2D eigenvalue weighted by atomic mass is 10.0. The molecule has 0 radical (unpaired) electrons. The number of unbranched alkanes of at least 4 members (excludes halogenated alkanes) is 15. The van der Waals surface area contributed by atoms with E-state index in [1.165, 1.54) is 153 Å². The van der Waals surface area contributed by atoms with Crippen molar-refractivity contribution in [3.8, 4) is 0 Å². The number of quaternary nitrogens is 1. The highest BCUT2D eigenvalue weighted by molar-refractivity contribution is 4.57. The van der Waals surface area contributed by atoms with Crippen LogP contribution in [0.2, 0.25) is 0 Å². The molecule has 1 aliphatic heterocycles. The number of rotatable bonds is 19. The molecule has 26 heavy (non-hydrogen) atoms. The zero-order valence-corrected chi connectivity index (χ0v) is 18.7. The zero-order valence-electron chi connectivity index (χ0n) is 18.7. The maximum absolute atomic E-state index is 2.33. The van der Waals surface area contributed by atoms with Crippen LogP contribution in [0.3, 0.4) is 0 Å². The molecule has 1 aliphatic rings. The van der Waals surface area contributed by atoms with Gasteiger partial charge < -0.3 is 4.48 Å². The zero-order chi connectivity index (χ0) is 18.8. The van der Waals surface area contributed by atoms with Crippen LogP contribution in [0.5, 0.6) is 0 Å². The molecule has 156 valence electrons. The van der Waals surface area contributed by atoms with Crippen LogP contribution in [0, 0.1) is 0 Å². The van der Waals surface area contributed by atoms with Gasteiger partial charge in [0.25, 0.3) is 0 Å². The second-order valence-electron chi connectivity index (χ2n) is 9.25. The Morgan fingerprint density at radius 3 is 1.12 bits per heavy atom. The van der Waals surface area contributed by atoms with Crippen LogP contribution in [0.4, 0.5) is 0 Å². The molecule has 0 unspecified atom stereocenters. The maximum Gasteiger partial charge on any atom is 0.0788 e. The molecule has 1 nitrogen and oxygen atoms in total. The topological polar surface area (TPSA) is 0 Å². The van der Waals surface area contributed by atoms with Crippen LogP contribution in [0.15, 0.2) is 0 Å². The average Bonchev–Trinajstić information content (AvgIpc) is 3.12. The Hall–Kier alpha value is -0.0400. The lowest BCUT2D eigenvalue weighted by Crippen LogP contribution is -2.46. The van der Waals surface area contributed by atoms with E-state index in [2.05, 4.69) is 13.8 Å². The Morgan fingerprint density at radius 1 is 0.423 bits per heavy atom. The van der Waals surface area contributed by atoms with Gasteiger partial charge in [-0.05, 0) is 25.7 Å². The molecule has 0 amide bonds. The maximum atomic E-state index is 2.33. The Balaban J connectivity index is 1.90. The van der Waals surface area contributed by atoms with Gasteiger partial charge in [-0.2, -0.15) is 0 Å². The monoisotopic (exact) mass is 366 g/mol. The standard InChI is InChI=1S/C25H52N/c1-3-5-7-9-10-11-12-13-14-15-16-17-19-23-26(24-20-21-25-26)22-18-8-6-4-2/h3-25H2,1-2H3/q+1. The van der Waals surface area contributed by atoms with Crippen molar-refractivity contribution in [1.82, 2.24) is 0 Å². The molecule has 0 spiro atoms. The van der Waals surface area contributed by atoms with Crippen LogP contribution >= 0.6 is 0 Å². The van der Waals surface area contributed by atoms with E-state index in [9.17, 15) is 0 Å². The Morgan fingerprint density at radius 2 is 0.731 bits per heavy atom. The number of nitrogens with zero attached hydrogens (tertiary/aromatic N) is 1. The first kappa shape index (κ1) is 24.0. The normalized spacial score (nSPS) is 16.4. The molecular formula is C25H52N+. The third-order valence-electron chi connectivity index (χ3n) is 6.74. The van der Waals surface area contributed by atoms with E-state index in [1.807, 2.05) is 0 Å². The van der Waals surface area contributed by atoms with Crippen LogP contribution < -0.4 is 0 Å². The summed E-state index contributed by atoms with van der Waals surface area (Å²) in [5, 5.41) is 0. The lowest BCUT2D eigenvalue weighted by molar-refractivity contribution is -0.917. The van der Waals surface area contributed by atoms with Gasteiger partial charge in [0.05, 0.1) is 26.2 Å². The fourth-order valence-electron chi connectivity index (χ4n) is 4.90. The Kier molecular flexibility index (Phi) is 15.8. The van der Waals surface area contributed by atoms with E-state index in [4.69, 9.17) is 0 Å². The predicted octanol–water partition coefficient (Wildman–Crippen LogP) is 8.27. The van der Waals surface area contributed by atoms with Gasteiger partial charge >= 0.3 is 0 Å². The lowest BCUT2D eigenvalue weighted by Gasteiger charge is -2.34. The summed E-state index contributed by atoms with van der Waals surface area (Å²) < 4.78 is 1.49. The molecule has 0 N–H and O–H groups in total. The van der Waals surface area contributed by atoms with E-state index in [-0.39, 0.29) is 0 Å². The largest absolute Gasteiger partial charge is 0.324 e. The fraction of sp³-hybridized carbons (Fsp3) is 1.00. The minimum atomic E-state index is 1.37. The molecule has 0 aromatic heterocycles. The van der Waals surface area contributed by atoms with E-state index < -0.39 is 0 Å². The second-order valence-corrected chi connectivity index (χ2v) is 9.25. The van der Waals surface area contributed by atoms with Crippen molar-refractivity contribution < 1.29 is 4.48 Å². The summed E-state index contributed by atoms with van der Waals surface area (Å²) in [7, 11) is 0. The summed E-state index contributed by atoms with van der Waals surface area (Å²) in [5.41, 5.74) is 0. The van der Waals surface area contributed by atoms with Crippen LogP contribution in [-0.2, 0) is 0 Å². The Bertz CT molecular complexity index is 280. The molecule has 0 bridgehead atoms. The molecule has 1 heteroatoms. The molecule has 0 aliphatic carbocycles. The smallest absolute Gasteiger partial charge is 0.0788 e. The fourth-order valence-corrected chi connectivity index (χ4v) is 4.90. The van der Waals surface area contributed by atoms with Gasteiger partial charge in [-0.15, -0.1) is 0 Å². The van der Waals surface area contributed by atoms with E-state index >= 15 is 0 Å². The molecular weight excluding hydrogens is 314 g/mol. The van der Waals surface area contributed by atoms with Crippen molar-refractivity contribution in [2.24, 2.45) is 0 Å². The summed E-state index contributed by atoms with van der Waals surface area (Å²) in [5.74, 6) is 0. The van der Waals surface area contributed by atoms with Crippen molar-refractivity contribution in [3.05, 3.63) is 0 Å². The molecule has 1 fully saturated rings. The van der Waals surface area contributed by atoms with Crippen molar-refractivity contribution in [2.75, 3.05) is 26.2 Å². The van der Waals surface area contributed by atoms with E-state index in [0.717, 1.165) is 0 Å². The Labute approximate surface area is 166 Å². The highest BCUT2D eigenvalue weighted by atomic mass is 15.4. The number of hydrogen-bond donors (Lipinski definition) is 0. The number of likely N-dealkylation sites (tertiary alicyclic amines) is 1. The molecule has 1 saturated heterocycles. The molecule has 0 atom stereocenters. The van der Waals surface area contributed by atoms with Gasteiger partial charge in [-0.3, -0.25) is 0 Å². The van der Waals surface area contributed by atoms with Crippen molar-refractivity contribution in [1.29, 1.82) is 0 Å². The molecule has 0 aromatic rings. The third-order valence-corrected chi connectivity index (χ3v) is 6.74. The minimum Gasteiger partial charge on any atom is -0.324 e. The summed E-state index contributed by atoms with van der Waals surface area (Å²) in [6.07, 6.45) is 27.9. The summed E-state index contributed by atoms with van der Waals surface area (Å²) >= 11 is 0. The van der Waals surface area contributed by atoms with Gasteiger partial charge in [-0.25, -0.2) is 0 Å². The quantitative estimate of drug-likeness (QED) is 0.159. The number of hydrogen-bond acceptors (Lipinski definition) is 0. The van der Waals surface area contributed by atoms with E-state index in [0.29, 0.717) is 0 Å². The van der Waals surface area contributed by atoms with Crippen molar-refractivity contribution in [2.45, 2.75) is 136 Å². The van der Waals surface area contributed by atoms with Crippen molar-refractivity contribution in [3.63, 3.8) is 0 Å². The van der Waals surface area contributed by atoms with Crippen molar-refractivity contribution >= 4 is 0 Å². The van der Waals surface area contributed by atoms with Gasteiger partial charge in [0.2, 0.25) is 0 Å². The predicted molar refractivity (Wildman–Crippen MR) is 119 cm³/mol. The first-order chi connectivity index (χ1) is 12.8. The van der Waals surface area contributed by atoms with Gasteiger partial charge in [-0.1, -0.05) is 97.3 Å². The van der Waals surface area contributed by atoms with Gasteiger partial charge in [0.1, 0.15) is 0 Å². The second kappa shape index (κ2) is 17.1. The van der Waals surface area contributed by atoms with Crippen LogP contribution in [0.1, 0.15) is 136 Å². The van der Waals surface area contributed by atoms with Gasteiger partial charge in [0, 0.05) is 12.8 Å². The molecule has 1 heterocycles. The highest BCUT2D eigenvalue weighted by Crippen LogP contribution is 2.23. The minimum absolute atomic E-state index is 1.37. The average molecular weight is 367 g/mol. The first-order valence-electron chi connectivity index (χ1n) is 12.7.